The van der Waals surface area contributed by atoms with E-state index in [1.807, 2.05) is 0 Å². The molecule has 0 spiro atoms. The summed E-state index contributed by atoms with van der Waals surface area (Å²) in [6.07, 6.45) is 1.44. The van der Waals surface area contributed by atoms with Crippen LogP contribution in [0.4, 0.5) is 0 Å². The standard InChI is InChI=1S/C9H10NO2S/c1-2-8-10-13(11,12)9-6-4-3-5-7-9/h2-7H,1,8H2. The molecule has 1 radical (unpaired) electrons. The largest absolute Gasteiger partial charge is 0.257 e. The van der Waals surface area contributed by atoms with Crippen molar-refractivity contribution in [1.29, 1.82) is 0 Å². The third-order valence-corrected chi connectivity index (χ3v) is 2.77. The molecule has 13 heavy (non-hydrogen) atoms. The van der Waals surface area contributed by atoms with E-state index in [4.69, 9.17) is 0 Å². The molecule has 1 rings (SSSR count). The third kappa shape index (κ3) is 2.68. The first-order valence-electron chi connectivity index (χ1n) is 3.76. The Morgan fingerprint density at radius 2 is 1.92 bits per heavy atom. The highest BCUT2D eigenvalue weighted by Crippen LogP contribution is 2.07. The molecular weight excluding hydrogens is 186 g/mol. The summed E-state index contributed by atoms with van der Waals surface area (Å²) in [6, 6.07) is 8.11. The van der Waals surface area contributed by atoms with Crippen molar-refractivity contribution in [3.05, 3.63) is 43.0 Å². The molecule has 0 aromatic heterocycles. The van der Waals surface area contributed by atoms with Crippen molar-refractivity contribution in [3.8, 4) is 0 Å². The quantitative estimate of drug-likeness (QED) is 0.678. The number of nitrogens with zero attached hydrogens (tertiary/aromatic N) is 1. The summed E-state index contributed by atoms with van der Waals surface area (Å²) in [6.45, 7) is 3.52. The van der Waals surface area contributed by atoms with Crippen LogP contribution in [0.15, 0.2) is 47.9 Å². The molecule has 0 saturated carbocycles. The number of hydrogen-bond donors (Lipinski definition) is 0. The van der Waals surface area contributed by atoms with E-state index < -0.39 is 10.0 Å². The van der Waals surface area contributed by atoms with Crippen LogP contribution in [0.1, 0.15) is 0 Å². The van der Waals surface area contributed by atoms with Crippen LogP contribution in [0, 0.1) is 0 Å². The smallest absolute Gasteiger partial charge is 0.206 e. The number of rotatable bonds is 4. The second-order valence-corrected chi connectivity index (χ2v) is 4.07. The molecule has 4 heteroatoms. The zero-order chi connectivity index (χ0) is 9.73. The van der Waals surface area contributed by atoms with Gasteiger partial charge in [0.25, 0.3) is 10.0 Å². The first-order chi connectivity index (χ1) is 6.17. The highest BCUT2D eigenvalue weighted by molar-refractivity contribution is 7.89. The van der Waals surface area contributed by atoms with Crippen molar-refractivity contribution >= 4 is 10.0 Å². The molecule has 0 saturated heterocycles. The average molecular weight is 196 g/mol. The summed E-state index contributed by atoms with van der Waals surface area (Å²) in [7, 11) is -3.47. The van der Waals surface area contributed by atoms with Gasteiger partial charge in [-0.3, -0.25) is 0 Å². The molecule has 0 aliphatic rings. The van der Waals surface area contributed by atoms with Gasteiger partial charge in [-0.2, -0.15) is 0 Å². The zero-order valence-corrected chi connectivity index (χ0v) is 7.87. The summed E-state index contributed by atoms with van der Waals surface area (Å²) >= 11 is 0. The van der Waals surface area contributed by atoms with Crippen LogP contribution >= 0.6 is 0 Å². The fourth-order valence-electron chi connectivity index (χ4n) is 0.818. The second-order valence-electron chi connectivity index (χ2n) is 2.39. The van der Waals surface area contributed by atoms with Gasteiger partial charge in [0.1, 0.15) is 0 Å². The Kier molecular flexibility index (Phi) is 3.22. The minimum absolute atomic E-state index is 0.122. The van der Waals surface area contributed by atoms with Gasteiger partial charge in [0.05, 0.1) is 4.90 Å². The molecule has 0 bridgehead atoms. The average Bonchev–Trinajstić information content (AvgIpc) is 2.16. The summed E-state index contributed by atoms with van der Waals surface area (Å²) in [5.41, 5.74) is 0. The lowest BCUT2D eigenvalue weighted by Gasteiger charge is -2.00. The van der Waals surface area contributed by atoms with Gasteiger partial charge >= 0.3 is 0 Å². The van der Waals surface area contributed by atoms with Crippen molar-refractivity contribution in [3.63, 3.8) is 0 Å². The molecule has 1 aromatic carbocycles. The molecular formula is C9H10NO2S. The van der Waals surface area contributed by atoms with Gasteiger partial charge in [0, 0.05) is 6.54 Å². The van der Waals surface area contributed by atoms with E-state index >= 15 is 0 Å². The number of benzene rings is 1. The van der Waals surface area contributed by atoms with E-state index in [1.165, 1.54) is 18.2 Å². The lowest BCUT2D eigenvalue weighted by molar-refractivity contribution is 0.584. The summed E-state index contributed by atoms with van der Waals surface area (Å²) in [4.78, 5) is 0.219. The van der Waals surface area contributed by atoms with Crippen LogP contribution in [0.3, 0.4) is 0 Å². The van der Waals surface area contributed by atoms with E-state index in [9.17, 15) is 8.42 Å². The van der Waals surface area contributed by atoms with E-state index in [0.29, 0.717) is 0 Å². The van der Waals surface area contributed by atoms with Crippen molar-refractivity contribution < 1.29 is 8.42 Å². The fourth-order valence-corrected chi connectivity index (χ4v) is 1.77. The van der Waals surface area contributed by atoms with Crippen LogP contribution in [-0.2, 0) is 10.0 Å². The van der Waals surface area contributed by atoms with Crippen LogP contribution in [0.5, 0.6) is 0 Å². The minimum atomic E-state index is -3.47. The summed E-state index contributed by atoms with van der Waals surface area (Å²) in [5, 5.41) is 0. The van der Waals surface area contributed by atoms with E-state index in [2.05, 4.69) is 11.3 Å². The van der Waals surface area contributed by atoms with Gasteiger partial charge in [0.2, 0.25) is 0 Å². The molecule has 0 heterocycles. The minimum Gasteiger partial charge on any atom is -0.206 e. The van der Waals surface area contributed by atoms with Gasteiger partial charge in [-0.15, -0.1) is 11.3 Å². The normalized spacial score (nSPS) is 11.1. The maximum atomic E-state index is 11.4. The summed E-state index contributed by atoms with van der Waals surface area (Å²) < 4.78 is 26.3. The predicted octanol–water partition coefficient (Wildman–Crippen LogP) is 1.17. The van der Waals surface area contributed by atoms with E-state index in [-0.39, 0.29) is 11.4 Å². The monoisotopic (exact) mass is 196 g/mol. The van der Waals surface area contributed by atoms with Crippen LogP contribution in [0.2, 0.25) is 0 Å². The molecule has 0 fully saturated rings. The molecule has 0 N–H and O–H groups in total. The van der Waals surface area contributed by atoms with Crippen LogP contribution in [0.25, 0.3) is 0 Å². The fraction of sp³-hybridized carbons (Fsp3) is 0.111. The van der Waals surface area contributed by atoms with Gasteiger partial charge in [-0.1, -0.05) is 24.3 Å². The van der Waals surface area contributed by atoms with Gasteiger partial charge in [-0.25, -0.2) is 8.42 Å². The number of hydrogen-bond acceptors (Lipinski definition) is 2. The Hall–Kier alpha value is -1.13. The Morgan fingerprint density at radius 1 is 1.31 bits per heavy atom. The van der Waals surface area contributed by atoms with Crippen molar-refractivity contribution in [2.24, 2.45) is 0 Å². The van der Waals surface area contributed by atoms with Crippen molar-refractivity contribution in [2.75, 3.05) is 6.54 Å². The molecule has 0 aliphatic carbocycles. The first-order valence-corrected chi connectivity index (χ1v) is 5.20. The summed E-state index contributed by atoms with van der Waals surface area (Å²) in [5.74, 6) is 0. The maximum Gasteiger partial charge on any atom is 0.257 e. The molecule has 1 aromatic rings. The molecule has 0 amide bonds. The zero-order valence-electron chi connectivity index (χ0n) is 7.05. The maximum absolute atomic E-state index is 11.4. The topological polar surface area (TPSA) is 48.2 Å². The van der Waals surface area contributed by atoms with Crippen molar-refractivity contribution in [1.82, 2.24) is 4.72 Å². The molecule has 0 unspecified atom stereocenters. The highest BCUT2D eigenvalue weighted by Gasteiger charge is 2.12. The molecule has 69 valence electrons. The van der Waals surface area contributed by atoms with Gasteiger partial charge in [0.15, 0.2) is 0 Å². The predicted molar refractivity (Wildman–Crippen MR) is 50.8 cm³/mol. The van der Waals surface area contributed by atoms with Crippen molar-refractivity contribution in [2.45, 2.75) is 4.90 Å². The molecule has 0 aliphatic heterocycles. The van der Waals surface area contributed by atoms with E-state index in [1.54, 1.807) is 18.2 Å². The Balaban J connectivity index is 2.88. The SMILES string of the molecule is C=CC[N]S(=O)(=O)c1ccccc1. The molecule has 3 nitrogen and oxygen atoms in total. The highest BCUT2D eigenvalue weighted by atomic mass is 32.2. The lowest BCUT2D eigenvalue weighted by Crippen LogP contribution is -2.16. The number of sulfonamides is 1. The molecule has 0 atom stereocenters. The Morgan fingerprint density at radius 3 is 2.46 bits per heavy atom. The van der Waals surface area contributed by atoms with Crippen LogP contribution in [-0.4, -0.2) is 15.0 Å². The Labute approximate surface area is 78.1 Å². The third-order valence-electron chi connectivity index (χ3n) is 1.41. The van der Waals surface area contributed by atoms with Gasteiger partial charge in [-0.05, 0) is 12.1 Å². The van der Waals surface area contributed by atoms with Gasteiger partial charge < -0.3 is 0 Å². The lowest BCUT2D eigenvalue weighted by atomic mass is 10.4. The van der Waals surface area contributed by atoms with Crippen LogP contribution < -0.4 is 4.72 Å². The second kappa shape index (κ2) is 4.20. The Bertz CT molecular complexity index is 370. The first kappa shape index (κ1) is 9.95. The van der Waals surface area contributed by atoms with E-state index in [0.717, 1.165) is 0 Å².